The summed E-state index contributed by atoms with van der Waals surface area (Å²) in [7, 11) is 0. The van der Waals surface area contributed by atoms with E-state index in [1.165, 1.54) is 25.6 Å². The highest BCUT2D eigenvalue weighted by Crippen LogP contribution is 2.34. The number of hydrogen-bond acceptors (Lipinski definition) is 4. The molecule has 1 aliphatic carbocycles. The van der Waals surface area contributed by atoms with Crippen LogP contribution in [-0.4, -0.2) is 25.8 Å². The number of nitrogens with one attached hydrogen (secondary N) is 1. The van der Waals surface area contributed by atoms with Gasteiger partial charge >= 0.3 is 0 Å². The maximum absolute atomic E-state index is 4.37. The molecule has 0 aromatic carbocycles. The van der Waals surface area contributed by atoms with E-state index in [1.54, 1.807) is 11.0 Å². The van der Waals surface area contributed by atoms with Crippen molar-refractivity contribution in [3.8, 4) is 5.82 Å². The molecule has 2 aromatic rings. The molecule has 0 aliphatic heterocycles. The van der Waals surface area contributed by atoms with E-state index in [2.05, 4.69) is 27.3 Å². The van der Waals surface area contributed by atoms with Gasteiger partial charge in [0.15, 0.2) is 5.82 Å². The third-order valence-electron chi connectivity index (χ3n) is 3.20. The molecule has 1 aliphatic rings. The third-order valence-corrected chi connectivity index (χ3v) is 3.20. The quantitative estimate of drug-likeness (QED) is 0.875. The maximum Gasteiger partial charge on any atom is 0.155 e. The van der Waals surface area contributed by atoms with Gasteiger partial charge in [-0.3, -0.25) is 0 Å². The van der Waals surface area contributed by atoms with Crippen molar-refractivity contribution in [1.82, 2.24) is 19.7 Å². The average Bonchev–Trinajstić information content (AvgIpc) is 3.01. The molecule has 2 aromatic heterocycles. The van der Waals surface area contributed by atoms with Crippen molar-refractivity contribution in [2.45, 2.75) is 32.2 Å². The summed E-state index contributed by atoms with van der Waals surface area (Å²) in [6.45, 7) is 2.23. The van der Waals surface area contributed by atoms with Gasteiger partial charge in [0, 0.05) is 6.04 Å². The predicted molar refractivity (Wildman–Crippen MR) is 69.6 cm³/mol. The smallest absolute Gasteiger partial charge is 0.155 e. The maximum atomic E-state index is 4.37. The van der Waals surface area contributed by atoms with Crippen LogP contribution in [0.3, 0.4) is 0 Å². The van der Waals surface area contributed by atoms with Crippen molar-refractivity contribution in [1.29, 1.82) is 0 Å². The molecule has 1 unspecified atom stereocenters. The molecule has 94 valence electrons. The first kappa shape index (κ1) is 11.2. The van der Waals surface area contributed by atoms with Crippen LogP contribution in [0.15, 0.2) is 31.0 Å². The zero-order chi connectivity index (χ0) is 12.4. The van der Waals surface area contributed by atoms with Crippen LogP contribution in [0.5, 0.6) is 0 Å². The van der Waals surface area contributed by atoms with Crippen LogP contribution in [0.2, 0.25) is 0 Å². The molecule has 5 heteroatoms. The summed E-state index contributed by atoms with van der Waals surface area (Å²) in [5.41, 5.74) is 1.06. The monoisotopic (exact) mass is 243 g/mol. The summed E-state index contributed by atoms with van der Waals surface area (Å²) in [5, 5.41) is 7.53. The van der Waals surface area contributed by atoms with Crippen molar-refractivity contribution in [3.63, 3.8) is 0 Å². The first-order valence-electron chi connectivity index (χ1n) is 6.39. The second-order valence-electron chi connectivity index (χ2n) is 4.97. The number of anilines is 1. The fourth-order valence-electron chi connectivity index (χ4n) is 2.13. The molecule has 1 atom stereocenters. The van der Waals surface area contributed by atoms with Crippen LogP contribution >= 0.6 is 0 Å². The number of hydrogen-bond donors (Lipinski definition) is 1. The summed E-state index contributed by atoms with van der Waals surface area (Å²) in [5.74, 6) is 1.72. The molecular weight excluding hydrogens is 226 g/mol. The minimum atomic E-state index is 0.511. The lowest BCUT2D eigenvalue weighted by Crippen LogP contribution is -2.15. The van der Waals surface area contributed by atoms with Crippen LogP contribution in [0.25, 0.3) is 5.82 Å². The van der Waals surface area contributed by atoms with E-state index in [4.69, 9.17) is 0 Å². The van der Waals surface area contributed by atoms with Gasteiger partial charge in [-0.25, -0.2) is 14.6 Å². The Morgan fingerprint density at radius 3 is 2.94 bits per heavy atom. The molecule has 2 heterocycles. The van der Waals surface area contributed by atoms with E-state index in [-0.39, 0.29) is 0 Å². The van der Waals surface area contributed by atoms with Crippen molar-refractivity contribution >= 4 is 5.69 Å². The Morgan fingerprint density at radius 2 is 2.33 bits per heavy atom. The van der Waals surface area contributed by atoms with Gasteiger partial charge in [-0.15, -0.1) is 0 Å². The Hall–Kier alpha value is -1.91. The Labute approximate surface area is 106 Å². The molecule has 0 amide bonds. The van der Waals surface area contributed by atoms with Crippen LogP contribution in [0.1, 0.15) is 26.2 Å². The highest BCUT2D eigenvalue weighted by molar-refractivity contribution is 5.44. The Balaban J connectivity index is 1.63. The van der Waals surface area contributed by atoms with E-state index >= 15 is 0 Å². The fourth-order valence-corrected chi connectivity index (χ4v) is 2.13. The fraction of sp³-hybridized carbons (Fsp3) is 0.462. The van der Waals surface area contributed by atoms with Crippen LogP contribution in [-0.2, 0) is 0 Å². The summed E-state index contributed by atoms with van der Waals surface area (Å²) >= 11 is 0. The van der Waals surface area contributed by atoms with Crippen LogP contribution < -0.4 is 5.32 Å². The third kappa shape index (κ3) is 2.67. The zero-order valence-electron chi connectivity index (χ0n) is 10.5. The minimum Gasteiger partial charge on any atom is -0.381 e. The lowest BCUT2D eigenvalue weighted by atomic mass is 10.1. The summed E-state index contributed by atoms with van der Waals surface area (Å²) < 4.78 is 1.65. The zero-order valence-corrected chi connectivity index (χ0v) is 10.5. The highest BCUT2D eigenvalue weighted by Gasteiger charge is 2.23. The standard InChI is InChI=1S/C13H17N5/c1-10(6-11-2-3-11)17-12-4-5-13(15-7-12)18-9-14-8-16-18/h4-5,7-11,17H,2-3,6H2,1H3. The summed E-state index contributed by atoms with van der Waals surface area (Å²) in [4.78, 5) is 8.27. The van der Waals surface area contributed by atoms with Crippen molar-refractivity contribution in [2.24, 2.45) is 5.92 Å². The highest BCUT2D eigenvalue weighted by atomic mass is 15.3. The largest absolute Gasteiger partial charge is 0.381 e. The van der Waals surface area contributed by atoms with E-state index in [0.29, 0.717) is 6.04 Å². The molecule has 0 saturated heterocycles. The second-order valence-corrected chi connectivity index (χ2v) is 4.97. The number of rotatable bonds is 5. The first-order valence-corrected chi connectivity index (χ1v) is 6.39. The van der Waals surface area contributed by atoms with Crippen LogP contribution in [0, 0.1) is 5.92 Å². The van der Waals surface area contributed by atoms with E-state index < -0.39 is 0 Å². The van der Waals surface area contributed by atoms with Crippen molar-refractivity contribution in [3.05, 3.63) is 31.0 Å². The Kier molecular flexibility index (Phi) is 2.96. The number of aromatic nitrogens is 4. The van der Waals surface area contributed by atoms with Gasteiger partial charge in [0.1, 0.15) is 12.7 Å². The Bertz CT molecular complexity index is 487. The number of pyridine rings is 1. The summed E-state index contributed by atoms with van der Waals surface area (Å²) in [6, 6.07) is 4.49. The van der Waals surface area contributed by atoms with Gasteiger partial charge in [0.2, 0.25) is 0 Å². The van der Waals surface area contributed by atoms with Gasteiger partial charge in [-0.2, -0.15) is 5.10 Å². The van der Waals surface area contributed by atoms with Gasteiger partial charge in [0.25, 0.3) is 0 Å². The molecular formula is C13H17N5. The van der Waals surface area contributed by atoms with Gasteiger partial charge in [-0.05, 0) is 31.4 Å². The average molecular weight is 243 g/mol. The van der Waals surface area contributed by atoms with E-state index in [1.807, 2.05) is 18.3 Å². The Morgan fingerprint density at radius 1 is 1.44 bits per heavy atom. The molecule has 0 radical (unpaired) electrons. The van der Waals surface area contributed by atoms with Crippen molar-refractivity contribution in [2.75, 3.05) is 5.32 Å². The predicted octanol–water partition coefficient (Wildman–Crippen LogP) is 2.26. The lowest BCUT2D eigenvalue weighted by Gasteiger charge is -2.14. The molecule has 18 heavy (non-hydrogen) atoms. The molecule has 1 fully saturated rings. The van der Waals surface area contributed by atoms with E-state index in [0.717, 1.165) is 17.4 Å². The molecule has 5 nitrogen and oxygen atoms in total. The van der Waals surface area contributed by atoms with Gasteiger partial charge in [0.05, 0.1) is 11.9 Å². The SMILES string of the molecule is CC(CC1CC1)Nc1ccc(-n2cncn2)nc1. The number of nitrogens with zero attached hydrogens (tertiary/aromatic N) is 4. The molecule has 1 N–H and O–H groups in total. The van der Waals surface area contributed by atoms with Gasteiger partial charge in [-0.1, -0.05) is 12.8 Å². The molecule has 3 rings (SSSR count). The topological polar surface area (TPSA) is 55.6 Å². The van der Waals surface area contributed by atoms with E-state index in [9.17, 15) is 0 Å². The normalized spacial score (nSPS) is 16.5. The van der Waals surface area contributed by atoms with Crippen LogP contribution in [0.4, 0.5) is 5.69 Å². The summed E-state index contributed by atoms with van der Waals surface area (Å²) in [6.07, 6.45) is 9.05. The molecule has 1 saturated carbocycles. The first-order chi connectivity index (χ1) is 8.81. The van der Waals surface area contributed by atoms with Crippen molar-refractivity contribution < 1.29 is 0 Å². The second kappa shape index (κ2) is 4.76. The molecule has 0 spiro atoms. The lowest BCUT2D eigenvalue weighted by molar-refractivity contribution is 0.642. The molecule has 0 bridgehead atoms. The van der Waals surface area contributed by atoms with Gasteiger partial charge < -0.3 is 5.32 Å². The minimum absolute atomic E-state index is 0.511.